The highest BCUT2D eigenvalue weighted by atomic mass is 16.1. The summed E-state index contributed by atoms with van der Waals surface area (Å²) in [6.45, 7) is 1.47. The SMILES string of the molecule is CC(=O)C1(C=O)CC1. The van der Waals surface area contributed by atoms with Crippen molar-refractivity contribution < 1.29 is 9.59 Å². The van der Waals surface area contributed by atoms with E-state index in [0.29, 0.717) is 0 Å². The van der Waals surface area contributed by atoms with Gasteiger partial charge in [-0.2, -0.15) is 0 Å². The summed E-state index contributed by atoms with van der Waals surface area (Å²) in [6, 6.07) is 0. The molecule has 1 aliphatic carbocycles. The van der Waals surface area contributed by atoms with E-state index >= 15 is 0 Å². The van der Waals surface area contributed by atoms with E-state index in [2.05, 4.69) is 0 Å². The summed E-state index contributed by atoms with van der Waals surface area (Å²) in [5.41, 5.74) is -0.528. The second kappa shape index (κ2) is 1.41. The van der Waals surface area contributed by atoms with Gasteiger partial charge in [0, 0.05) is 0 Å². The van der Waals surface area contributed by atoms with Gasteiger partial charge in [0.25, 0.3) is 0 Å². The number of hydrogen-bond donors (Lipinski definition) is 0. The predicted molar refractivity (Wildman–Crippen MR) is 28.4 cm³/mol. The van der Waals surface area contributed by atoms with Crippen molar-refractivity contribution in [3.63, 3.8) is 0 Å². The van der Waals surface area contributed by atoms with Crippen LogP contribution in [0.4, 0.5) is 0 Å². The molecule has 0 N–H and O–H groups in total. The Morgan fingerprint density at radius 2 is 2.12 bits per heavy atom. The molecule has 0 saturated heterocycles. The maximum Gasteiger partial charge on any atom is 0.143 e. The Bertz CT molecular complexity index is 133. The highest BCUT2D eigenvalue weighted by Gasteiger charge is 2.47. The normalized spacial score (nSPS) is 22.1. The zero-order valence-electron chi connectivity index (χ0n) is 4.81. The Hall–Kier alpha value is -0.660. The first-order valence-electron chi connectivity index (χ1n) is 2.69. The lowest BCUT2D eigenvalue weighted by molar-refractivity contribution is -0.127. The second-order valence-corrected chi connectivity index (χ2v) is 2.33. The molecule has 44 valence electrons. The summed E-state index contributed by atoms with van der Waals surface area (Å²) in [5, 5.41) is 0. The summed E-state index contributed by atoms with van der Waals surface area (Å²) in [5.74, 6) is 0.0208. The van der Waals surface area contributed by atoms with Crippen LogP contribution in [0, 0.1) is 5.41 Å². The van der Waals surface area contributed by atoms with E-state index in [0.717, 1.165) is 19.1 Å². The first-order valence-corrected chi connectivity index (χ1v) is 2.69. The maximum absolute atomic E-state index is 10.5. The maximum atomic E-state index is 10.5. The van der Waals surface area contributed by atoms with Gasteiger partial charge in [0.15, 0.2) is 0 Å². The topological polar surface area (TPSA) is 34.1 Å². The Kier molecular flexibility index (Phi) is 0.962. The number of ketones is 1. The largest absolute Gasteiger partial charge is 0.302 e. The van der Waals surface area contributed by atoms with Gasteiger partial charge in [-0.3, -0.25) is 4.79 Å². The van der Waals surface area contributed by atoms with Crippen LogP contribution in [0.25, 0.3) is 0 Å². The van der Waals surface area contributed by atoms with Crippen LogP contribution < -0.4 is 0 Å². The molecule has 1 saturated carbocycles. The van der Waals surface area contributed by atoms with Crippen LogP contribution in [0.2, 0.25) is 0 Å². The van der Waals surface area contributed by atoms with E-state index in [4.69, 9.17) is 0 Å². The summed E-state index contributed by atoms with van der Waals surface area (Å²) in [4.78, 5) is 20.6. The number of hydrogen-bond acceptors (Lipinski definition) is 2. The smallest absolute Gasteiger partial charge is 0.143 e. The van der Waals surface area contributed by atoms with Crippen molar-refractivity contribution in [1.29, 1.82) is 0 Å². The van der Waals surface area contributed by atoms with Gasteiger partial charge in [0.05, 0.1) is 5.41 Å². The minimum atomic E-state index is -0.528. The van der Waals surface area contributed by atoms with Crippen LogP contribution in [0.1, 0.15) is 19.8 Å². The van der Waals surface area contributed by atoms with Crippen molar-refractivity contribution in [1.82, 2.24) is 0 Å². The predicted octanol–water partition coefficient (Wildman–Crippen LogP) is 0.554. The molecule has 0 atom stereocenters. The molecule has 0 amide bonds. The summed E-state index contributed by atoms with van der Waals surface area (Å²) in [7, 11) is 0. The Balaban J connectivity index is 2.66. The summed E-state index contributed by atoms with van der Waals surface area (Å²) < 4.78 is 0. The lowest BCUT2D eigenvalue weighted by Crippen LogP contribution is -2.12. The summed E-state index contributed by atoms with van der Waals surface area (Å²) >= 11 is 0. The zero-order chi connectivity index (χ0) is 6.20. The van der Waals surface area contributed by atoms with Gasteiger partial charge in [0.2, 0.25) is 0 Å². The third kappa shape index (κ3) is 0.565. The molecule has 0 radical (unpaired) electrons. The quantitative estimate of drug-likeness (QED) is 0.386. The molecule has 2 nitrogen and oxygen atoms in total. The fourth-order valence-corrected chi connectivity index (χ4v) is 0.688. The molecule has 0 heterocycles. The van der Waals surface area contributed by atoms with E-state index in [1.54, 1.807) is 0 Å². The lowest BCUT2D eigenvalue weighted by atomic mass is 10.1. The molecule has 1 rings (SSSR count). The van der Waals surface area contributed by atoms with Gasteiger partial charge >= 0.3 is 0 Å². The van der Waals surface area contributed by atoms with Crippen molar-refractivity contribution in [3.8, 4) is 0 Å². The first kappa shape index (κ1) is 5.48. The molecule has 1 aliphatic rings. The van der Waals surface area contributed by atoms with Gasteiger partial charge in [-0.1, -0.05) is 0 Å². The Morgan fingerprint density at radius 3 is 2.12 bits per heavy atom. The fourth-order valence-electron chi connectivity index (χ4n) is 0.688. The molecular weight excluding hydrogens is 104 g/mol. The molecule has 2 heteroatoms. The van der Waals surface area contributed by atoms with Gasteiger partial charge in [-0.15, -0.1) is 0 Å². The number of aldehydes is 1. The molecule has 8 heavy (non-hydrogen) atoms. The van der Waals surface area contributed by atoms with Crippen LogP contribution in [-0.4, -0.2) is 12.1 Å². The van der Waals surface area contributed by atoms with Crippen LogP contribution >= 0.6 is 0 Å². The van der Waals surface area contributed by atoms with Crippen molar-refractivity contribution in [2.45, 2.75) is 19.8 Å². The number of rotatable bonds is 2. The van der Waals surface area contributed by atoms with Crippen molar-refractivity contribution in [3.05, 3.63) is 0 Å². The number of carbonyl (C=O) groups is 2. The second-order valence-electron chi connectivity index (χ2n) is 2.33. The molecule has 0 bridgehead atoms. The number of Topliss-reactive ketones (excluding diaryl/α,β-unsaturated/α-hetero) is 1. The van der Waals surface area contributed by atoms with E-state index in [-0.39, 0.29) is 5.78 Å². The van der Waals surface area contributed by atoms with Crippen molar-refractivity contribution in [2.24, 2.45) is 5.41 Å². The standard InChI is InChI=1S/C6H8O2/c1-5(8)6(4-7)2-3-6/h4H,2-3H2,1H3. The van der Waals surface area contributed by atoms with Gasteiger partial charge < -0.3 is 4.79 Å². The molecule has 0 aromatic rings. The van der Waals surface area contributed by atoms with Crippen LogP contribution in [0.5, 0.6) is 0 Å². The molecule has 0 aromatic carbocycles. The molecule has 1 fully saturated rings. The fraction of sp³-hybridized carbons (Fsp3) is 0.667. The van der Waals surface area contributed by atoms with E-state index in [1.807, 2.05) is 0 Å². The molecule has 0 aromatic heterocycles. The molecule has 0 spiro atoms. The van der Waals surface area contributed by atoms with Crippen LogP contribution in [-0.2, 0) is 9.59 Å². The molecule has 0 aliphatic heterocycles. The zero-order valence-corrected chi connectivity index (χ0v) is 4.81. The van der Waals surface area contributed by atoms with E-state index in [1.165, 1.54) is 6.92 Å². The third-order valence-corrected chi connectivity index (χ3v) is 1.72. The first-order chi connectivity index (χ1) is 3.71. The van der Waals surface area contributed by atoms with Crippen molar-refractivity contribution >= 4 is 12.1 Å². The Labute approximate surface area is 47.9 Å². The monoisotopic (exact) mass is 112 g/mol. The molecular formula is C6H8O2. The van der Waals surface area contributed by atoms with Crippen LogP contribution in [0.15, 0.2) is 0 Å². The highest BCUT2D eigenvalue weighted by molar-refractivity contribution is 5.99. The number of carbonyl (C=O) groups excluding carboxylic acids is 2. The van der Waals surface area contributed by atoms with Gasteiger partial charge in [0.1, 0.15) is 12.1 Å². The van der Waals surface area contributed by atoms with Crippen LogP contribution in [0.3, 0.4) is 0 Å². The summed E-state index contributed by atoms with van der Waals surface area (Å²) in [6.07, 6.45) is 2.31. The van der Waals surface area contributed by atoms with Gasteiger partial charge in [-0.25, -0.2) is 0 Å². The van der Waals surface area contributed by atoms with E-state index < -0.39 is 5.41 Å². The molecule has 0 unspecified atom stereocenters. The average molecular weight is 112 g/mol. The van der Waals surface area contributed by atoms with E-state index in [9.17, 15) is 9.59 Å². The average Bonchev–Trinajstić information content (AvgIpc) is 2.44. The van der Waals surface area contributed by atoms with Crippen molar-refractivity contribution in [2.75, 3.05) is 0 Å². The minimum absolute atomic E-state index is 0.0208. The lowest BCUT2D eigenvalue weighted by Gasteiger charge is -1.95. The Morgan fingerprint density at radius 1 is 1.62 bits per heavy atom. The highest BCUT2D eigenvalue weighted by Crippen LogP contribution is 2.43. The third-order valence-electron chi connectivity index (χ3n) is 1.72. The minimum Gasteiger partial charge on any atom is -0.302 e. The van der Waals surface area contributed by atoms with Gasteiger partial charge in [-0.05, 0) is 19.8 Å².